The summed E-state index contributed by atoms with van der Waals surface area (Å²) in [4.78, 5) is 70.0. The number of phenols is 1. The molecular formula is C39H35NO8. The molecule has 7 rings (SSSR count). The highest BCUT2D eigenvalue weighted by molar-refractivity contribution is 6.31. The van der Waals surface area contributed by atoms with Gasteiger partial charge in [-0.05, 0) is 60.1 Å². The van der Waals surface area contributed by atoms with Crippen molar-refractivity contribution >= 4 is 34.9 Å². The Balaban J connectivity index is 1.44. The second-order valence-electron chi connectivity index (χ2n) is 13.0. The van der Waals surface area contributed by atoms with Crippen LogP contribution in [0.25, 0.3) is 5.57 Å². The summed E-state index contributed by atoms with van der Waals surface area (Å²) in [5.41, 5.74) is 1.55. The zero-order valence-corrected chi connectivity index (χ0v) is 26.4. The molecule has 0 bridgehead atoms. The Morgan fingerprint density at radius 3 is 2.31 bits per heavy atom. The summed E-state index contributed by atoms with van der Waals surface area (Å²) in [5.74, 6) is -5.67. The quantitative estimate of drug-likeness (QED) is 0.255. The Kier molecular flexibility index (Phi) is 7.86. The van der Waals surface area contributed by atoms with Gasteiger partial charge in [0.2, 0.25) is 11.8 Å². The number of amides is 2. The molecular weight excluding hydrogens is 610 g/mol. The number of hydrogen-bond donors (Lipinski definition) is 2. The van der Waals surface area contributed by atoms with Gasteiger partial charge in [-0.3, -0.25) is 28.9 Å². The number of rotatable bonds is 8. The minimum Gasteiger partial charge on any atom is -0.504 e. The minimum atomic E-state index is -1.40. The Hall–Kier alpha value is -5.31. The number of ether oxygens (including phenoxy) is 1. The topological polar surface area (TPSA) is 138 Å². The Bertz CT molecular complexity index is 1900. The van der Waals surface area contributed by atoms with Gasteiger partial charge in [-0.2, -0.15) is 0 Å². The number of hydrogen-bond acceptors (Lipinski definition) is 7. The van der Waals surface area contributed by atoms with E-state index in [1.165, 1.54) is 18.1 Å². The molecule has 48 heavy (non-hydrogen) atoms. The molecule has 1 saturated carbocycles. The van der Waals surface area contributed by atoms with Gasteiger partial charge in [-0.25, -0.2) is 0 Å². The standard InChI is InChI=1S/C39H35NO8/c1-48-31-17-14-23(19-30(31)41)35-25-15-16-26-34(38(47)40(37(26)46)18-8-13-33(43)44)28(25)20-29-36(45)27(22-9-4-2-5-10-22)21-32(42)39(29,35)24-11-6-3-7-12-24/h2-7,9-12,14-15,17,19,21,26,28-29,34-35,41H,8,13,16,18,20H2,1H3,(H,43,44). The largest absolute Gasteiger partial charge is 0.504 e. The number of carbonyl (C=O) groups excluding carboxylic acids is 4. The van der Waals surface area contributed by atoms with Crippen LogP contribution in [0.2, 0.25) is 0 Å². The molecule has 6 unspecified atom stereocenters. The number of methoxy groups -OCH3 is 1. The first kappa shape index (κ1) is 31.3. The lowest BCUT2D eigenvalue weighted by molar-refractivity contribution is -0.142. The summed E-state index contributed by atoms with van der Waals surface area (Å²) in [6.45, 7) is 0.00446. The van der Waals surface area contributed by atoms with Crippen molar-refractivity contribution in [2.75, 3.05) is 13.7 Å². The van der Waals surface area contributed by atoms with Crippen LogP contribution in [0.3, 0.4) is 0 Å². The number of fused-ring (bicyclic) bond motifs is 4. The van der Waals surface area contributed by atoms with E-state index in [4.69, 9.17) is 9.84 Å². The zero-order chi connectivity index (χ0) is 33.7. The van der Waals surface area contributed by atoms with E-state index in [-0.39, 0.29) is 67.1 Å². The van der Waals surface area contributed by atoms with Crippen molar-refractivity contribution in [2.45, 2.75) is 37.0 Å². The third-order valence-electron chi connectivity index (χ3n) is 10.8. The van der Waals surface area contributed by atoms with E-state index in [9.17, 15) is 29.1 Å². The van der Waals surface area contributed by atoms with Crippen molar-refractivity contribution in [3.8, 4) is 11.5 Å². The van der Waals surface area contributed by atoms with Gasteiger partial charge >= 0.3 is 5.97 Å². The highest BCUT2D eigenvalue weighted by Gasteiger charge is 2.65. The molecule has 9 heteroatoms. The summed E-state index contributed by atoms with van der Waals surface area (Å²) >= 11 is 0. The molecule has 3 aliphatic carbocycles. The van der Waals surface area contributed by atoms with E-state index in [1.54, 1.807) is 30.3 Å². The van der Waals surface area contributed by atoms with E-state index < -0.39 is 41.0 Å². The second-order valence-corrected chi connectivity index (χ2v) is 13.0. The van der Waals surface area contributed by atoms with Gasteiger partial charge in [0.1, 0.15) is 0 Å². The molecule has 0 aromatic heterocycles. The third-order valence-corrected chi connectivity index (χ3v) is 10.8. The minimum absolute atomic E-state index is 0.00446. The molecule has 6 atom stereocenters. The van der Waals surface area contributed by atoms with Crippen molar-refractivity contribution in [2.24, 2.45) is 23.7 Å². The number of likely N-dealkylation sites (tertiary alicyclic amines) is 1. The number of allylic oxidation sites excluding steroid dienone is 4. The highest BCUT2D eigenvalue weighted by Crippen LogP contribution is 2.64. The lowest BCUT2D eigenvalue weighted by Crippen LogP contribution is -2.58. The number of phenolic OH excluding ortho intramolecular Hbond substituents is 1. The fraction of sp³-hybridized carbons (Fsp3) is 0.308. The Labute approximate surface area is 277 Å². The number of Topliss-reactive ketones (excluding diaryl/α,β-unsaturated/α-hetero) is 1. The van der Waals surface area contributed by atoms with Crippen LogP contribution in [-0.2, 0) is 29.4 Å². The smallest absolute Gasteiger partial charge is 0.303 e. The van der Waals surface area contributed by atoms with Crippen molar-refractivity contribution in [3.05, 3.63) is 113 Å². The second kappa shape index (κ2) is 12.0. The van der Waals surface area contributed by atoms with Gasteiger partial charge < -0.3 is 14.9 Å². The fourth-order valence-electron chi connectivity index (χ4n) is 8.81. The maximum absolute atomic E-state index is 15.0. The van der Waals surface area contributed by atoms with E-state index in [1.807, 2.05) is 54.6 Å². The molecule has 1 heterocycles. The zero-order valence-electron chi connectivity index (χ0n) is 26.4. The molecule has 0 spiro atoms. The first-order valence-electron chi connectivity index (χ1n) is 16.2. The molecule has 1 saturated heterocycles. The van der Waals surface area contributed by atoms with Crippen LogP contribution < -0.4 is 4.74 Å². The summed E-state index contributed by atoms with van der Waals surface area (Å²) in [7, 11) is 1.45. The van der Waals surface area contributed by atoms with Gasteiger partial charge in [-0.1, -0.05) is 78.4 Å². The highest BCUT2D eigenvalue weighted by atomic mass is 16.5. The van der Waals surface area contributed by atoms with Crippen LogP contribution in [0.5, 0.6) is 11.5 Å². The van der Waals surface area contributed by atoms with Crippen molar-refractivity contribution < 1.29 is 38.9 Å². The summed E-state index contributed by atoms with van der Waals surface area (Å²) in [5, 5.41) is 20.2. The lowest BCUT2D eigenvalue weighted by atomic mass is 9.44. The van der Waals surface area contributed by atoms with Crippen LogP contribution in [-0.4, -0.2) is 58.1 Å². The van der Waals surface area contributed by atoms with E-state index >= 15 is 0 Å². The maximum atomic E-state index is 15.0. The summed E-state index contributed by atoms with van der Waals surface area (Å²) in [6.07, 6.45) is 3.81. The van der Waals surface area contributed by atoms with E-state index in [2.05, 4.69) is 0 Å². The summed E-state index contributed by atoms with van der Waals surface area (Å²) < 4.78 is 5.33. The number of carboxylic acid groups (broad SMARTS) is 1. The summed E-state index contributed by atoms with van der Waals surface area (Å²) in [6, 6.07) is 23.3. The number of benzene rings is 3. The fourth-order valence-corrected chi connectivity index (χ4v) is 8.81. The number of imide groups is 1. The van der Waals surface area contributed by atoms with Crippen LogP contribution >= 0.6 is 0 Å². The van der Waals surface area contributed by atoms with Crippen LogP contribution in [0.4, 0.5) is 0 Å². The number of aromatic hydroxyl groups is 1. The van der Waals surface area contributed by atoms with E-state index in [0.29, 0.717) is 22.3 Å². The van der Waals surface area contributed by atoms with Gasteiger partial charge in [0.15, 0.2) is 23.1 Å². The van der Waals surface area contributed by atoms with Gasteiger partial charge in [0.25, 0.3) is 0 Å². The maximum Gasteiger partial charge on any atom is 0.303 e. The number of ketones is 2. The molecule has 0 radical (unpaired) electrons. The molecule has 9 nitrogen and oxygen atoms in total. The Morgan fingerprint density at radius 1 is 0.938 bits per heavy atom. The predicted octanol–water partition coefficient (Wildman–Crippen LogP) is 5.09. The molecule has 3 aromatic rings. The molecule has 2 N–H and O–H groups in total. The monoisotopic (exact) mass is 645 g/mol. The number of nitrogens with zero attached hydrogens (tertiary/aromatic N) is 1. The average molecular weight is 646 g/mol. The number of carbonyl (C=O) groups is 5. The third kappa shape index (κ3) is 4.71. The lowest BCUT2D eigenvalue weighted by Gasteiger charge is -2.55. The first-order chi connectivity index (χ1) is 23.2. The number of aliphatic carboxylic acids is 1. The SMILES string of the molecule is COc1ccc(C2C3=CCC4C(=O)N(CCCC(=O)O)C(=O)C4C3CC3C(=O)C(c4ccccc4)=CC(=O)C32c2ccccc2)cc1O. The predicted molar refractivity (Wildman–Crippen MR) is 175 cm³/mol. The molecule has 2 fully saturated rings. The molecule has 244 valence electrons. The van der Waals surface area contributed by atoms with Gasteiger partial charge in [0, 0.05) is 30.4 Å². The van der Waals surface area contributed by atoms with Gasteiger partial charge in [-0.15, -0.1) is 0 Å². The number of carboxylic acids is 1. The Morgan fingerprint density at radius 2 is 1.65 bits per heavy atom. The van der Waals surface area contributed by atoms with Crippen LogP contribution in [0.1, 0.15) is 48.3 Å². The first-order valence-corrected chi connectivity index (χ1v) is 16.2. The molecule has 3 aromatic carbocycles. The normalized spacial score (nSPS) is 27.9. The molecule has 1 aliphatic heterocycles. The molecule has 2 amide bonds. The van der Waals surface area contributed by atoms with Gasteiger partial charge in [0.05, 0.1) is 24.4 Å². The van der Waals surface area contributed by atoms with Crippen LogP contribution in [0, 0.1) is 23.7 Å². The van der Waals surface area contributed by atoms with E-state index in [0.717, 1.165) is 5.57 Å². The van der Waals surface area contributed by atoms with Crippen molar-refractivity contribution in [3.63, 3.8) is 0 Å². The van der Waals surface area contributed by atoms with Crippen molar-refractivity contribution in [1.29, 1.82) is 0 Å². The average Bonchev–Trinajstić information content (AvgIpc) is 3.34. The molecule has 4 aliphatic rings. The van der Waals surface area contributed by atoms with Crippen LogP contribution in [0.15, 0.2) is 96.6 Å². The van der Waals surface area contributed by atoms with Crippen molar-refractivity contribution in [1.82, 2.24) is 4.90 Å².